The molecule has 27 heavy (non-hydrogen) atoms. The maximum absolute atomic E-state index is 16.1. The van der Waals surface area contributed by atoms with Crippen molar-refractivity contribution in [1.82, 2.24) is 9.88 Å². The fourth-order valence-corrected chi connectivity index (χ4v) is 4.02. The molecular weight excluding hydrogens is 341 g/mol. The van der Waals surface area contributed by atoms with Gasteiger partial charge in [-0.3, -0.25) is 9.88 Å². The Morgan fingerprint density at radius 1 is 1.22 bits per heavy atom. The number of halogens is 1. The third-order valence-electron chi connectivity index (χ3n) is 5.90. The minimum absolute atomic E-state index is 0.191. The minimum Gasteiger partial charge on any atom is -0.377 e. The molecular formula is C22H24FN3O. The minimum atomic E-state index is -1.84. The standard InChI is InChI=1S/C22H24FN3O/c1-15(2)17-3-5-18(6-4-17)22(27,19-9-16(10-24)11-25-12-19)21(23)13-26(14-21)20-7-8-20/h3-6,9,11-12,15,20,27H,7-8,13-14H2,1-2H3/t22-/m0/s1. The molecule has 2 aromatic rings. The fraction of sp³-hybridized carbons (Fsp3) is 0.455. The van der Waals surface area contributed by atoms with Crippen molar-refractivity contribution in [3.63, 3.8) is 0 Å². The molecule has 1 saturated carbocycles. The van der Waals surface area contributed by atoms with Gasteiger partial charge in [-0.15, -0.1) is 0 Å². The van der Waals surface area contributed by atoms with Gasteiger partial charge in [-0.1, -0.05) is 38.1 Å². The molecule has 140 valence electrons. The van der Waals surface area contributed by atoms with Crippen molar-refractivity contribution in [2.45, 2.75) is 49.9 Å². The summed E-state index contributed by atoms with van der Waals surface area (Å²) in [6, 6.07) is 11.5. The highest BCUT2D eigenvalue weighted by atomic mass is 19.1. The van der Waals surface area contributed by atoms with Gasteiger partial charge in [0.25, 0.3) is 0 Å². The molecule has 1 saturated heterocycles. The molecule has 4 nitrogen and oxygen atoms in total. The summed E-state index contributed by atoms with van der Waals surface area (Å²) in [7, 11) is 0. The SMILES string of the molecule is CC(C)c1ccc([C@](O)(c2cncc(C#N)c2)C2(F)CN(C3CC3)C2)cc1. The average Bonchev–Trinajstić information content (AvgIpc) is 3.49. The van der Waals surface area contributed by atoms with Crippen molar-refractivity contribution < 1.29 is 9.50 Å². The number of pyridine rings is 1. The zero-order valence-electron chi connectivity index (χ0n) is 15.7. The summed E-state index contributed by atoms with van der Waals surface area (Å²) in [6.07, 6.45) is 5.10. The van der Waals surface area contributed by atoms with Gasteiger partial charge in [0.2, 0.25) is 0 Å². The van der Waals surface area contributed by atoms with E-state index in [1.807, 2.05) is 18.2 Å². The number of hydrogen-bond donors (Lipinski definition) is 1. The average molecular weight is 365 g/mol. The molecule has 0 radical (unpaired) electrons. The lowest BCUT2D eigenvalue weighted by Gasteiger charge is -2.53. The largest absolute Gasteiger partial charge is 0.377 e. The Morgan fingerprint density at radius 3 is 2.44 bits per heavy atom. The molecule has 1 aliphatic carbocycles. The number of likely N-dealkylation sites (tertiary alicyclic amines) is 1. The maximum atomic E-state index is 16.1. The van der Waals surface area contributed by atoms with Gasteiger partial charge in [0, 0.05) is 37.1 Å². The lowest BCUT2D eigenvalue weighted by molar-refractivity contribution is -0.163. The van der Waals surface area contributed by atoms with Crippen molar-refractivity contribution in [2.24, 2.45) is 0 Å². The van der Waals surface area contributed by atoms with Gasteiger partial charge in [0.05, 0.1) is 5.56 Å². The van der Waals surface area contributed by atoms with E-state index in [4.69, 9.17) is 0 Å². The van der Waals surface area contributed by atoms with Gasteiger partial charge < -0.3 is 5.11 Å². The number of nitriles is 1. The first-order chi connectivity index (χ1) is 12.9. The molecule has 0 spiro atoms. The van der Waals surface area contributed by atoms with Crippen molar-refractivity contribution >= 4 is 0 Å². The van der Waals surface area contributed by atoms with Gasteiger partial charge in [-0.05, 0) is 36.0 Å². The Labute approximate surface area is 159 Å². The summed E-state index contributed by atoms with van der Waals surface area (Å²) in [6.45, 7) is 4.57. The van der Waals surface area contributed by atoms with E-state index in [9.17, 15) is 10.4 Å². The third kappa shape index (κ3) is 2.93. The van der Waals surface area contributed by atoms with E-state index in [-0.39, 0.29) is 13.1 Å². The molecule has 1 N–H and O–H groups in total. The van der Waals surface area contributed by atoms with Gasteiger partial charge in [0.15, 0.2) is 11.3 Å². The first-order valence-corrected chi connectivity index (χ1v) is 9.49. The summed E-state index contributed by atoms with van der Waals surface area (Å²) in [4.78, 5) is 6.16. The van der Waals surface area contributed by atoms with Gasteiger partial charge >= 0.3 is 0 Å². The topological polar surface area (TPSA) is 60.2 Å². The van der Waals surface area contributed by atoms with Gasteiger partial charge in [-0.25, -0.2) is 4.39 Å². The number of hydrogen-bond acceptors (Lipinski definition) is 4. The number of alkyl halides is 1. The number of benzene rings is 1. The van der Waals surface area contributed by atoms with E-state index < -0.39 is 11.3 Å². The molecule has 5 heteroatoms. The second-order valence-electron chi connectivity index (χ2n) is 8.16. The zero-order chi connectivity index (χ0) is 19.2. The molecule has 1 aromatic heterocycles. The second-order valence-corrected chi connectivity index (χ2v) is 8.16. The molecule has 1 aromatic carbocycles. The van der Waals surface area contributed by atoms with E-state index >= 15 is 4.39 Å². The zero-order valence-corrected chi connectivity index (χ0v) is 15.7. The van der Waals surface area contributed by atoms with Crippen LogP contribution >= 0.6 is 0 Å². The van der Waals surface area contributed by atoms with E-state index in [0.29, 0.717) is 28.7 Å². The van der Waals surface area contributed by atoms with Crippen molar-refractivity contribution in [2.75, 3.05) is 13.1 Å². The lowest BCUT2D eigenvalue weighted by Crippen LogP contribution is -2.69. The van der Waals surface area contributed by atoms with E-state index in [0.717, 1.165) is 18.4 Å². The summed E-state index contributed by atoms with van der Waals surface area (Å²) in [5.41, 5.74) is -1.38. The molecule has 1 aliphatic heterocycles. The van der Waals surface area contributed by atoms with E-state index in [1.165, 1.54) is 12.4 Å². The van der Waals surface area contributed by atoms with Crippen LogP contribution in [0.1, 0.15) is 54.9 Å². The van der Waals surface area contributed by atoms with Crippen LogP contribution in [0.3, 0.4) is 0 Å². The Morgan fingerprint density at radius 2 is 1.89 bits per heavy atom. The van der Waals surface area contributed by atoms with Gasteiger partial charge in [0.1, 0.15) is 6.07 Å². The number of aliphatic hydroxyl groups is 1. The smallest absolute Gasteiger partial charge is 0.173 e. The predicted octanol–water partition coefficient (Wildman–Crippen LogP) is 3.50. The van der Waals surface area contributed by atoms with E-state index in [1.54, 1.807) is 18.2 Å². The highest BCUT2D eigenvalue weighted by molar-refractivity contribution is 5.44. The summed E-state index contributed by atoms with van der Waals surface area (Å²) >= 11 is 0. The van der Waals surface area contributed by atoms with Gasteiger partial charge in [-0.2, -0.15) is 5.26 Å². The molecule has 0 unspecified atom stereocenters. The monoisotopic (exact) mass is 365 g/mol. The Balaban J connectivity index is 1.78. The maximum Gasteiger partial charge on any atom is 0.173 e. The van der Waals surface area contributed by atoms with Crippen LogP contribution in [0.25, 0.3) is 0 Å². The first-order valence-electron chi connectivity index (χ1n) is 9.49. The Kier molecular flexibility index (Phi) is 4.29. The van der Waals surface area contributed by atoms with Crippen LogP contribution in [0, 0.1) is 11.3 Å². The normalized spacial score (nSPS) is 21.3. The Hall–Kier alpha value is -2.29. The van der Waals surface area contributed by atoms with Crippen molar-refractivity contribution in [3.8, 4) is 6.07 Å². The van der Waals surface area contributed by atoms with Crippen molar-refractivity contribution in [1.29, 1.82) is 5.26 Å². The predicted molar refractivity (Wildman–Crippen MR) is 101 cm³/mol. The number of nitrogens with zero attached hydrogens (tertiary/aromatic N) is 3. The summed E-state index contributed by atoms with van der Waals surface area (Å²) < 4.78 is 16.1. The molecule has 2 fully saturated rings. The van der Waals surface area contributed by atoms with Crippen LogP contribution in [-0.4, -0.2) is 39.8 Å². The third-order valence-corrected chi connectivity index (χ3v) is 5.90. The number of rotatable bonds is 5. The van der Waals surface area contributed by atoms with Crippen LogP contribution in [0.5, 0.6) is 0 Å². The van der Waals surface area contributed by atoms with Crippen LogP contribution in [0.2, 0.25) is 0 Å². The second kappa shape index (κ2) is 6.40. The molecule has 2 aliphatic rings. The van der Waals surface area contributed by atoms with Crippen LogP contribution in [0.4, 0.5) is 4.39 Å². The van der Waals surface area contributed by atoms with Crippen LogP contribution in [-0.2, 0) is 5.60 Å². The molecule has 0 bridgehead atoms. The molecule has 1 atom stereocenters. The number of aromatic nitrogens is 1. The van der Waals surface area contributed by atoms with Crippen molar-refractivity contribution in [3.05, 3.63) is 65.0 Å². The quantitative estimate of drug-likeness (QED) is 0.881. The molecule has 4 rings (SSSR count). The van der Waals surface area contributed by atoms with Crippen LogP contribution < -0.4 is 0 Å². The first kappa shape index (κ1) is 18.1. The highest BCUT2D eigenvalue weighted by Gasteiger charge is 2.62. The fourth-order valence-electron chi connectivity index (χ4n) is 4.02. The molecule has 0 amide bonds. The highest BCUT2D eigenvalue weighted by Crippen LogP contribution is 2.49. The Bertz CT molecular complexity index is 879. The lowest BCUT2D eigenvalue weighted by atomic mass is 9.70. The summed E-state index contributed by atoms with van der Waals surface area (Å²) in [5.74, 6) is 0.351. The van der Waals surface area contributed by atoms with E-state index in [2.05, 4.69) is 23.7 Å². The van der Waals surface area contributed by atoms with Crippen LogP contribution in [0.15, 0.2) is 42.7 Å². The molecule has 2 heterocycles. The summed E-state index contributed by atoms with van der Waals surface area (Å²) in [5, 5.41) is 21.0.